The molecular weight excluding hydrogens is 510 g/mol. The van der Waals surface area contributed by atoms with E-state index in [1.165, 1.54) is 4.90 Å². The van der Waals surface area contributed by atoms with Crippen LogP contribution in [0.3, 0.4) is 0 Å². The fourth-order valence-corrected chi connectivity index (χ4v) is 3.71. The molecule has 1 fully saturated rings. The van der Waals surface area contributed by atoms with Crippen molar-refractivity contribution >= 4 is 29.9 Å². The maximum Gasteiger partial charge on any atom is 0.401 e. The normalized spacial score (nSPS) is 17.7. The summed E-state index contributed by atoms with van der Waals surface area (Å²) in [5.74, 6) is 1.19. The van der Waals surface area contributed by atoms with Gasteiger partial charge < -0.3 is 15.5 Å². The molecule has 1 saturated heterocycles. The molecule has 0 bridgehead atoms. The molecule has 0 saturated carbocycles. The molecule has 1 aromatic heterocycles. The number of likely N-dealkylation sites (tertiary alicyclic amines) is 1. The smallest absolute Gasteiger partial charge is 0.356 e. The molecule has 30 heavy (non-hydrogen) atoms. The maximum atomic E-state index is 12.5. The second kappa shape index (κ2) is 12.7. The predicted molar refractivity (Wildman–Crippen MR) is 124 cm³/mol. The van der Waals surface area contributed by atoms with Gasteiger partial charge in [-0.25, -0.2) is 0 Å². The molecule has 1 aliphatic heterocycles. The van der Waals surface area contributed by atoms with E-state index in [2.05, 4.69) is 25.6 Å². The molecule has 174 valence electrons. The zero-order valence-electron chi connectivity index (χ0n) is 18.2. The molecule has 11 heteroatoms. The average Bonchev–Trinajstić information content (AvgIpc) is 3.06. The van der Waals surface area contributed by atoms with Gasteiger partial charge in [-0.2, -0.15) is 18.3 Å². The van der Waals surface area contributed by atoms with Gasteiger partial charge in [0.25, 0.3) is 0 Å². The highest BCUT2D eigenvalue weighted by molar-refractivity contribution is 14.0. The second-order valence-corrected chi connectivity index (χ2v) is 7.93. The Hall–Kier alpha value is -1.08. The summed E-state index contributed by atoms with van der Waals surface area (Å²) in [6.45, 7) is 1.69. The zero-order chi connectivity index (χ0) is 21.4. The largest absolute Gasteiger partial charge is 0.401 e. The minimum atomic E-state index is -4.10. The standard InChI is InChI=1S/C19H34F3N7.HI/c1-23-18(25-12-17(27(2)3)16-11-26-28(4)13-16)24-8-5-15-6-9-29(10-7-15)14-19(20,21)22;/h11,13,15,17H,5-10,12,14H2,1-4H3,(H2,23,24,25);1H. The van der Waals surface area contributed by atoms with E-state index in [-0.39, 0.29) is 30.0 Å². The molecule has 0 spiro atoms. The van der Waals surface area contributed by atoms with Crippen LogP contribution in [-0.2, 0) is 7.05 Å². The third-order valence-corrected chi connectivity index (χ3v) is 5.37. The van der Waals surface area contributed by atoms with Crippen molar-refractivity contribution in [2.75, 3.05) is 53.9 Å². The zero-order valence-corrected chi connectivity index (χ0v) is 20.6. The molecule has 0 radical (unpaired) electrons. The van der Waals surface area contributed by atoms with Crippen molar-refractivity contribution in [1.29, 1.82) is 0 Å². The minimum absolute atomic E-state index is 0. The molecular formula is C19H35F3IN7. The molecule has 1 unspecified atom stereocenters. The van der Waals surface area contributed by atoms with Crippen molar-refractivity contribution in [3.8, 4) is 0 Å². The van der Waals surface area contributed by atoms with Crippen LogP contribution in [0, 0.1) is 5.92 Å². The van der Waals surface area contributed by atoms with Gasteiger partial charge in [0, 0.05) is 38.9 Å². The fraction of sp³-hybridized carbons (Fsp3) is 0.789. The van der Waals surface area contributed by atoms with Gasteiger partial charge in [0.05, 0.1) is 18.8 Å². The Morgan fingerprint density at radius 1 is 1.30 bits per heavy atom. The Kier molecular flexibility index (Phi) is 11.4. The molecule has 2 N–H and O–H groups in total. The summed E-state index contributed by atoms with van der Waals surface area (Å²) in [5, 5.41) is 10.9. The Bertz CT molecular complexity index is 640. The van der Waals surface area contributed by atoms with Crippen LogP contribution >= 0.6 is 24.0 Å². The summed E-state index contributed by atoms with van der Waals surface area (Å²) in [6, 6.07) is 0.167. The van der Waals surface area contributed by atoms with Crippen LogP contribution in [0.4, 0.5) is 13.2 Å². The SMILES string of the molecule is CN=C(NCCC1CCN(CC(F)(F)F)CC1)NCC(c1cnn(C)c1)N(C)C.I. The molecule has 1 atom stereocenters. The lowest BCUT2D eigenvalue weighted by molar-refractivity contribution is -0.148. The van der Waals surface area contributed by atoms with Gasteiger partial charge >= 0.3 is 6.18 Å². The lowest BCUT2D eigenvalue weighted by Gasteiger charge is -2.32. The Morgan fingerprint density at radius 2 is 1.97 bits per heavy atom. The number of nitrogens with one attached hydrogen (secondary N) is 2. The average molecular weight is 545 g/mol. The van der Waals surface area contributed by atoms with Crippen LogP contribution in [0.1, 0.15) is 30.9 Å². The summed E-state index contributed by atoms with van der Waals surface area (Å²) >= 11 is 0. The van der Waals surface area contributed by atoms with Crippen LogP contribution in [0.5, 0.6) is 0 Å². The van der Waals surface area contributed by atoms with E-state index in [9.17, 15) is 13.2 Å². The molecule has 1 aliphatic rings. The topological polar surface area (TPSA) is 60.7 Å². The van der Waals surface area contributed by atoms with E-state index in [4.69, 9.17) is 0 Å². The quantitative estimate of drug-likeness (QED) is 0.299. The summed E-state index contributed by atoms with van der Waals surface area (Å²) in [5.41, 5.74) is 1.13. The molecule has 2 heterocycles. The van der Waals surface area contributed by atoms with Crippen LogP contribution in [-0.4, -0.2) is 85.6 Å². The third kappa shape index (κ3) is 9.38. The van der Waals surface area contributed by atoms with Crippen LogP contribution < -0.4 is 10.6 Å². The predicted octanol–water partition coefficient (Wildman–Crippen LogP) is 2.47. The van der Waals surface area contributed by atoms with Gasteiger partial charge in [0.15, 0.2) is 5.96 Å². The lowest BCUT2D eigenvalue weighted by Crippen LogP contribution is -2.43. The first-order valence-corrected chi connectivity index (χ1v) is 10.1. The second-order valence-electron chi connectivity index (χ2n) is 7.93. The molecule has 0 aliphatic carbocycles. The summed E-state index contributed by atoms with van der Waals surface area (Å²) in [6.07, 6.45) is 2.33. The highest BCUT2D eigenvalue weighted by atomic mass is 127. The van der Waals surface area contributed by atoms with Crippen LogP contribution in [0.2, 0.25) is 0 Å². The third-order valence-electron chi connectivity index (χ3n) is 5.37. The van der Waals surface area contributed by atoms with Crippen molar-refractivity contribution in [2.24, 2.45) is 18.0 Å². The molecule has 0 aromatic carbocycles. The lowest BCUT2D eigenvalue weighted by atomic mass is 9.93. The Balaban J connectivity index is 0.00000450. The van der Waals surface area contributed by atoms with Crippen LogP contribution in [0.15, 0.2) is 17.4 Å². The number of hydrogen-bond acceptors (Lipinski definition) is 4. The van der Waals surface area contributed by atoms with Crippen molar-refractivity contribution < 1.29 is 13.2 Å². The monoisotopic (exact) mass is 545 g/mol. The number of hydrogen-bond donors (Lipinski definition) is 2. The van der Waals surface area contributed by atoms with Gasteiger partial charge in [-0.15, -0.1) is 24.0 Å². The highest BCUT2D eigenvalue weighted by Gasteiger charge is 2.32. The van der Waals surface area contributed by atoms with Gasteiger partial charge in [-0.1, -0.05) is 0 Å². The summed E-state index contributed by atoms with van der Waals surface area (Å²) in [4.78, 5) is 7.91. The van der Waals surface area contributed by atoms with Gasteiger partial charge in [-0.3, -0.25) is 14.6 Å². The first-order valence-electron chi connectivity index (χ1n) is 10.1. The Labute approximate surface area is 194 Å². The number of piperidine rings is 1. The number of likely N-dealkylation sites (N-methyl/N-ethyl adjacent to an activating group) is 1. The number of aryl methyl sites for hydroxylation is 1. The van der Waals surface area contributed by atoms with Crippen molar-refractivity contribution in [2.45, 2.75) is 31.5 Å². The first kappa shape index (κ1) is 27.0. The molecule has 0 amide bonds. The van der Waals surface area contributed by atoms with E-state index in [1.54, 1.807) is 11.7 Å². The van der Waals surface area contributed by atoms with E-state index in [0.717, 1.165) is 37.3 Å². The van der Waals surface area contributed by atoms with E-state index < -0.39 is 12.7 Å². The van der Waals surface area contributed by atoms with Crippen LogP contribution in [0.25, 0.3) is 0 Å². The van der Waals surface area contributed by atoms with Crippen molar-refractivity contribution in [1.82, 2.24) is 30.2 Å². The molecule has 2 rings (SSSR count). The number of halogens is 4. The minimum Gasteiger partial charge on any atom is -0.356 e. The van der Waals surface area contributed by atoms with Crippen molar-refractivity contribution in [3.63, 3.8) is 0 Å². The number of aliphatic imine (C=N–C) groups is 1. The van der Waals surface area contributed by atoms with E-state index >= 15 is 0 Å². The number of alkyl halides is 3. The maximum absolute atomic E-state index is 12.5. The summed E-state index contributed by atoms with van der Waals surface area (Å²) in [7, 11) is 7.69. The van der Waals surface area contributed by atoms with Gasteiger partial charge in [0.1, 0.15) is 0 Å². The van der Waals surface area contributed by atoms with E-state index in [0.29, 0.717) is 25.6 Å². The first-order chi connectivity index (χ1) is 13.7. The van der Waals surface area contributed by atoms with Gasteiger partial charge in [0.2, 0.25) is 0 Å². The van der Waals surface area contributed by atoms with E-state index in [1.807, 2.05) is 33.5 Å². The number of rotatable bonds is 8. The number of aromatic nitrogens is 2. The number of nitrogens with zero attached hydrogens (tertiary/aromatic N) is 5. The molecule has 1 aromatic rings. The molecule has 7 nitrogen and oxygen atoms in total. The fourth-order valence-electron chi connectivity index (χ4n) is 3.71. The highest BCUT2D eigenvalue weighted by Crippen LogP contribution is 2.24. The Morgan fingerprint density at radius 3 is 2.47 bits per heavy atom. The number of guanidine groups is 1. The van der Waals surface area contributed by atoms with Crippen molar-refractivity contribution in [3.05, 3.63) is 18.0 Å². The summed E-state index contributed by atoms with van der Waals surface area (Å²) < 4.78 is 39.2. The van der Waals surface area contributed by atoms with Gasteiger partial charge in [-0.05, 0) is 52.4 Å².